The van der Waals surface area contributed by atoms with E-state index in [0.717, 1.165) is 6.54 Å². The zero-order valence-corrected chi connectivity index (χ0v) is 15.5. The smallest absolute Gasteiger partial charge is 0.0653 e. The van der Waals surface area contributed by atoms with Crippen LogP contribution < -0.4 is 0 Å². The van der Waals surface area contributed by atoms with Crippen molar-refractivity contribution < 1.29 is 0 Å². The lowest BCUT2D eigenvalue weighted by Gasteiger charge is -2.45. The Kier molecular flexibility index (Phi) is 7.00. The number of hydrogen-bond donors (Lipinski definition) is 0. The lowest BCUT2D eigenvalue weighted by Crippen LogP contribution is -2.43. The molecule has 0 radical (unpaired) electrons. The van der Waals surface area contributed by atoms with Gasteiger partial charge in [0.25, 0.3) is 0 Å². The maximum atomic E-state index is 4.73. The largest absolute Gasteiger partial charge is 0.269 e. The fourth-order valence-electron chi connectivity index (χ4n) is 2.44. The average molecular weight is 280 g/mol. The molecule has 1 aromatic rings. The Balaban J connectivity index is 0.000000829. The van der Waals surface area contributed by atoms with Gasteiger partial charge in [-0.3, -0.25) is 4.68 Å². The van der Waals surface area contributed by atoms with Crippen LogP contribution in [0.1, 0.15) is 93.0 Å². The molecule has 20 heavy (non-hydrogen) atoms. The highest BCUT2D eigenvalue weighted by molar-refractivity contribution is 5.25. The van der Waals surface area contributed by atoms with Crippen molar-refractivity contribution in [1.82, 2.24) is 9.78 Å². The highest BCUT2D eigenvalue weighted by atomic mass is 15.3. The average Bonchev–Trinajstić information content (AvgIpc) is 2.85. The molecule has 2 nitrogen and oxygen atoms in total. The van der Waals surface area contributed by atoms with Crippen molar-refractivity contribution in [1.29, 1.82) is 0 Å². The Bertz CT molecular complexity index is 398. The van der Waals surface area contributed by atoms with E-state index in [9.17, 15) is 0 Å². The van der Waals surface area contributed by atoms with Gasteiger partial charge in [0.1, 0.15) is 0 Å². The number of aryl methyl sites for hydroxylation is 1. The van der Waals surface area contributed by atoms with Crippen molar-refractivity contribution in [2.75, 3.05) is 0 Å². The zero-order chi connectivity index (χ0) is 16.1. The van der Waals surface area contributed by atoms with Crippen LogP contribution in [0.2, 0.25) is 0 Å². The predicted octanol–water partition coefficient (Wildman–Crippen LogP) is 5.77. The van der Waals surface area contributed by atoms with Crippen molar-refractivity contribution in [2.24, 2.45) is 5.41 Å². The maximum absolute atomic E-state index is 4.73. The van der Waals surface area contributed by atoms with E-state index in [4.69, 9.17) is 5.10 Å². The Labute approximate surface area is 127 Å². The third-order valence-corrected chi connectivity index (χ3v) is 4.67. The van der Waals surface area contributed by atoms with Gasteiger partial charge in [0, 0.05) is 17.7 Å². The molecule has 0 aliphatic carbocycles. The summed E-state index contributed by atoms with van der Waals surface area (Å²) in [6.07, 6.45) is 1.21. The molecular formula is C18H36N2. The van der Waals surface area contributed by atoms with Crippen LogP contribution in [0.25, 0.3) is 0 Å². The van der Waals surface area contributed by atoms with Crippen molar-refractivity contribution in [3.63, 3.8) is 0 Å². The van der Waals surface area contributed by atoms with Gasteiger partial charge in [0.05, 0.1) is 5.69 Å². The molecule has 0 fully saturated rings. The van der Waals surface area contributed by atoms with Crippen LogP contribution in [-0.4, -0.2) is 9.78 Å². The summed E-state index contributed by atoms with van der Waals surface area (Å²) in [5.41, 5.74) is 3.22. The summed E-state index contributed by atoms with van der Waals surface area (Å²) < 4.78 is 2.22. The van der Waals surface area contributed by atoms with E-state index in [0.29, 0.717) is 11.3 Å². The molecule has 0 amide bonds. The summed E-state index contributed by atoms with van der Waals surface area (Å²) in [5.74, 6) is 0.525. The van der Waals surface area contributed by atoms with Gasteiger partial charge in [-0.15, -0.1) is 0 Å². The molecule has 0 saturated carbocycles. The molecule has 0 aromatic carbocycles. The summed E-state index contributed by atoms with van der Waals surface area (Å²) in [5, 5.41) is 4.73. The molecule has 0 spiro atoms. The van der Waals surface area contributed by atoms with E-state index >= 15 is 0 Å². The van der Waals surface area contributed by atoms with Crippen LogP contribution >= 0.6 is 0 Å². The Morgan fingerprint density at radius 1 is 1.05 bits per heavy atom. The summed E-state index contributed by atoms with van der Waals surface area (Å²) in [6, 6.07) is 2.31. The molecule has 118 valence electrons. The molecule has 0 atom stereocenters. The van der Waals surface area contributed by atoms with E-state index in [-0.39, 0.29) is 5.41 Å². The topological polar surface area (TPSA) is 17.8 Å². The molecule has 0 N–H and O–H groups in total. The van der Waals surface area contributed by atoms with Crippen LogP contribution in [0.5, 0.6) is 0 Å². The van der Waals surface area contributed by atoms with Crippen LogP contribution in [0, 0.1) is 5.41 Å². The lowest BCUT2D eigenvalue weighted by molar-refractivity contribution is 0.128. The Morgan fingerprint density at radius 3 is 2.00 bits per heavy atom. The molecule has 1 aliphatic rings. The van der Waals surface area contributed by atoms with Gasteiger partial charge in [0.2, 0.25) is 0 Å². The molecular weight excluding hydrogens is 244 g/mol. The molecule has 0 saturated heterocycles. The first kappa shape index (κ1) is 19.2. The minimum Gasteiger partial charge on any atom is -0.269 e. The van der Waals surface area contributed by atoms with E-state index in [1.54, 1.807) is 0 Å². The quantitative estimate of drug-likeness (QED) is 0.639. The standard InChI is InChI=1S/C14H24N2.2C2H6/c1-10(2)11-9-12-14(5,6)13(3,4)7-8-16(12)15-11;2*1-2/h9-10H,7-8H2,1-6H3;2*1-2H3. The van der Waals surface area contributed by atoms with Gasteiger partial charge in [-0.2, -0.15) is 5.10 Å². The van der Waals surface area contributed by atoms with E-state index in [1.165, 1.54) is 17.8 Å². The summed E-state index contributed by atoms with van der Waals surface area (Å²) in [7, 11) is 0. The normalized spacial score (nSPS) is 18.4. The van der Waals surface area contributed by atoms with Gasteiger partial charge in [-0.25, -0.2) is 0 Å². The van der Waals surface area contributed by atoms with Crippen LogP contribution in [0.4, 0.5) is 0 Å². The van der Waals surface area contributed by atoms with Crippen LogP contribution in [-0.2, 0) is 12.0 Å². The van der Waals surface area contributed by atoms with E-state index < -0.39 is 0 Å². The minimum absolute atomic E-state index is 0.214. The number of hydrogen-bond acceptors (Lipinski definition) is 1. The SMILES string of the molecule is CC.CC.CC(C)c1cc2n(n1)CCC(C)(C)C2(C)C. The van der Waals surface area contributed by atoms with Crippen LogP contribution in [0.3, 0.4) is 0 Å². The van der Waals surface area contributed by atoms with Crippen LogP contribution in [0.15, 0.2) is 6.07 Å². The van der Waals surface area contributed by atoms with E-state index in [1.807, 2.05) is 27.7 Å². The first-order valence-corrected chi connectivity index (χ1v) is 8.34. The number of aromatic nitrogens is 2. The fourth-order valence-corrected chi connectivity index (χ4v) is 2.44. The highest BCUT2D eigenvalue weighted by Crippen LogP contribution is 2.47. The molecule has 2 rings (SSSR count). The second-order valence-corrected chi connectivity index (χ2v) is 6.59. The highest BCUT2D eigenvalue weighted by Gasteiger charge is 2.43. The number of rotatable bonds is 1. The van der Waals surface area contributed by atoms with Crippen molar-refractivity contribution in [2.45, 2.75) is 93.5 Å². The van der Waals surface area contributed by atoms with Gasteiger partial charge < -0.3 is 0 Å². The zero-order valence-electron chi connectivity index (χ0n) is 15.5. The van der Waals surface area contributed by atoms with Gasteiger partial charge >= 0.3 is 0 Å². The number of fused-ring (bicyclic) bond motifs is 1. The maximum Gasteiger partial charge on any atom is 0.0653 e. The summed E-state index contributed by atoms with van der Waals surface area (Å²) in [6.45, 7) is 22.9. The minimum atomic E-state index is 0.214. The first-order valence-electron chi connectivity index (χ1n) is 8.34. The molecule has 0 unspecified atom stereocenters. The molecule has 1 aliphatic heterocycles. The number of nitrogens with zero attached hydrogens (tertiary/aromatic N) is 2. The second kappa shape index (κ2) is 7.28. The Morgan fingerprint density at radius 2 is 1.55 bits per heavy atom. The monoisotopic (exact) mass is 280 g/mol. The van der Waals surface area contributed by atoms with Gasteiger partial charge in [-0.1, -0.05) is 69.2 Å². The third kappa shape index (κ3) is 3.45. The fraction of sp³-hybridized carbons (Fsp3) is 0.833. The molecule has 2 heteroatoms. The summed E-state index contributed by atoms with van der Waals surface area (Å²) in [4.78, 5) is 0. The van der Waals surface area contributed by atoms with E-state index in [2.05, 4.69) is 52.3 Å². The van der Waals surface area contributed by atoms with Crippen molar-refractivity contribution in [3.05, 3.63) is 17.5 Å². The third-order valence-electron chi connectivity index (χ3n) is 4.67. The second-order valence-electron chi connectivity index (χ2n) is 6.59. The van der Waals surface area contributed by atoms with Crippen molar-refractivity contribution in [3.8, 4) is 0 Å². The molecule has 0 bridgehead atoms. The van der Waals surface area contributed by atoms with Gasteiger partial charge in [-0.05, 0) is 23.8 Å². The molecule has 2 heterocycles. The summed E-state index contributed by atoms with van der Waals surface area (Å²) >= 11 is 0. The van der Waals surface area contributed by atoms with Crippen molar-refractivity contribution >= 4 is 0 Å². The van der Waals surface area contributed by atoms with Gasteiger partial charge in [0.15, 0.2) is 0 Å². The molecule has 1 aromatic heterocycles. The first-order chi connectivity index (χ1) is 9.25. The Hall–Kier alpha value is -0.790. The predicted molar refractivity (Wildman–Crippen MR) is 90.4 cm³/mol. The lowest BCUT2D eigenvalue weighted by atomic mass is 9.62.